The van der Waals surface area contributed by atoms with Gasteiger partial charge in [0.15, 0.2) is 5.65 Å². The fourth-order valence-corrected chi connectivity index (χ4v) is 3.79. The van der Waals surface area contributed by atoms with E-state index in [1.165, 1.54) is 23.4 Å². The standard InChI is InChI=1S/C20H21N5O3/c1-28-11-15-17(18(21)26)19-22-10-9-16(25(19)24-15)20(27)23-14-8-4-6-12-5-2-3-7-13(12)14/h2-3,5,7,9-10,14H,4,6,8,11H2,1H3,(H2,21,26)(H,23,27)/t14-/m0/s1. The first kappa shape index (κ1) is 18.1. The zero-order valence-corrected chi connectivity index (χ0v) is 15.5. The van der Waals surface area contributed by atoms with Crippen molar-refractivity contribution in [3.63, 3.8) is 0 Å². The molecule has 144 valence electrons. The van der Waals surface area contributed by atoms with Gasteiger partial charge in [0.1, 0.15) is 17.0 Å². The van der Waals surface area contributed by atoms with E-state index in [0.29, 0.717) is 5.69 Å². The first-order valence-corrected chi connectivity index (χ1v) is 9.14. The zero-order chi connectivity index (χ0) is 19.7. The molecule has 0 bridgehead atoms. The summed E-state index contributed by atoms with van der Waals surface area (Å²) in [6.07, 6.45) is 4.38. The predicted molar refractivity (Wildman–Crippen MR) is 102 cm³/mol. The van der Waals surface area contributed by atoms with E-state index in [4.69, 9.17) is 10.5 Å². The largest absolute Gasteiger partial charge is 0.378 e. The maximum absolute atomic E-state index is 13.0. The predicted octanol–water partition coefficient (Wildman–Crippen LogP) is 1.78. The molecule has 8 nitrogen and oxygen atoms in total. The van der Waals surface area contributed by atoms with Crippen LogP contribution >= 0.6 is 0 Å². The summed E-state index contributed by atoms with van der Waals surface area (Å²) in [5.41, 5.74) is 8.96. The Morgan fingerprint density at radius 2 is 2.14 bits per heavy atom. The van der Waals surface area contributed by atoms with Gasteiger partial charge >= 0.3 is 0 Å². The summed E-state index contributed by atoms with van der Waals surface area (Å²) >= 11 is 0. The van der Waals surface area contributed by atoms with Crippen LogP contribution in [0.25, 0.3) is 5.65 Å². The number of hydrogen-bond donors (Lipinski definition) is 2. The molecule has 3 N–H and O–H groups in total. The summed E-state index contributed by atoms with van der Waals surface area (Å²) < 4.78 is 6.46. The molecule has 8 heteroatoms. The molecule has 3 aromatic rings. The molecule has 0 spiro atoms. The highest BCUT2D eigenvalue weighted by molar-refractivity contribution is 6.01. The van der Waals surface area contributed by atoms with Crippen LogP contribution in [0, 0.1) is 0 Å². The third kappa shape index (κ3) is 3.11. The maximum Gasteiger partial charge on any atom is 0.270 e. The van der Waals surface area contributed by atoms with Crippen LogP contribution in [0.15, 0.2) is 36.5 Å². The van der Waals surface area contributed by atoms with Gasteiger partial charge in [-0.2, -0.15) is 5.10 Å². The summed E-state index contributed by atoms with van der Waals surface area (Å²) in [6.45, 7) is 0.0959. The van der Waals surface area contributed by atoms with Crippen molar-refractivity contribution >= 4 is 17.5 Å². The molecule has 2 aromatic heterocycles. The number of nitrogens with zero attached hydrogens (tertiary/aromatic N) is 3. The molecule has 0 fully saturated rings. The van der Waals surface area contributed by atoms with Gasteiger partial charge in [-0.05, 0) is 36.5 Å². The van der Waals surface area contributed by atoms with Crippen molar-refractivity contribution in [3.05, 3.63) is 64.6 Å². The molecule has 0 saturated heterocycles. The highest BCUT2D eigenvalue weighted by Gasteiger charge is 2.25. The number of methoxy groups -OCH3 is 1. The van der Waals surface area contributed by atoms with E-state index in [2.05, 4.69) is 27.5 Å². The Balaban J connectivity index is 1.71. The normalized spacial score (nSPS) is 16.0. The van der Waals surface area contributed by atoms with Gasteiger partial charge < -0.3 is 15.8 Å². The number of carbonyl (C=O) groups is 2. The van der Waals surface area contributed by atoms with Crippen molar-refractivity contribution in [2.75, 3.05) is 7.11 Å². The number of amides is 2. The van der Waals surface area contributed by atoms with Crippen molar-refractivity contribution in [2.45, 2.75) is 31.9 Å². The molecule has 1 aliphatic rings. The number of benzene rings is 1. The monoisotopic (exact) mass is 379 g/mol. The SMILES string of the molecule is COCc1nn2c(C(=O)N[C@H]3CCCc4ccccc43)ccnc2c1C(N)=O. The molecule has 1 aromatic carbocycles. The number of carbonyl (C=O) groups excluding carboxylic acids is 2. The van der Waals surface area contributed by atoms with Gasteiger partial charge in [0.2, 0.25) is 0 Å². The van der Waals surface area contributed by atoms with Crippen molar-refractivity contribution in [1.29, 1.82) is 0 Å². The lowest BCUT2D eigenvalue weighted by molar-refractivity contribution is 0.0923. The second kappa shape index (κ2) is 7.40. The lowest BCUT2D eigenvalue weighted by atomic mass is 9.87. The Kier molecular flexibility index (Phi) is 4.79. The number of aryl methyl sites for hydroxylation is 1. The molecule has 1 atom stereocenters. The highest BCUT2D eigenvalue weighted by atomic mass is 16.5. The lowest BCUT2D eigenvalue weighted by Crippen LogP contribution is -2.32. The van der Waals surface area contributed by atoms with Gasteiger partial charge in [-0.15, -0.1) is 0 Å². The van der Waals surface area contributed by atoms with Crippen molar-refractivity contribution < 1.29 is 14.3 Å². The van der Waals surface area contributed by atoms with Crippen LogP contribution in [0.4, 0.5) is 0 Å². The molecule has 0 aliphatic heterocycles. The number of rotatable bonds is 5. The average molecular weight is 379 g/mol. The van der Waals surface area contributed by atoms with Crippen LogP contribution in [-0.2, 0) is 17.8 Å². The molecular formula is C20H21N5O3. The maximum atomic E-state index is 13.0. The van der Waals surface area contributed by atoms with Crippen LogP contribution in [0.1, 0.15) is 56.6 Å². The fraction of sp³-hybridized carbons (Fsp3) is 0.300. The van der Waals surface area contributed by atoms with Crippen molar-refractivity contribution in [1.82, 2.24) is 19.9 Å². The van der Waals surface area contributed by atoms with E-state index in [9.17, 15) is 9.59 Å². The Bertz CT molecular complexity index is 1060. The second-order valence-electron chi connectivity index (χ2n) is 6.80. The van der Waals surface area contributed by atoms with Gasteiger partial charge in [-0.1, -0.05) is 24.3 Å². The number of primary amides is 1. The Morgan fingerprint density at radius 1 is 1.32 bits per heavy atom. The minimum Gasteiger partial charge on any atom is -0.378 e. The number of nitrogens with one attached hydrogen (secondary N) is 1. The van der Waals surface area contributed by atoms with E-state index in [0.717, 1.165) is 24.8 Å². The minimum absolute atomic E-state index is 0.0646. The highest BCUT2D eigenvalue weighted by Crippen LogP contribution is 2.29. The molecular weight excluding hydrogens is 358 g/mol. The smallest absolute Gasteiger partial charge is 0.270 e. The molecule has 0 saturated carbocycles. The van der Waals surface area contributed by atoms with Gasteiger partial charge in [-0.3, -0.25) is 9.59 Å². The van der Waals surface area contributed by atoms with Crippen LogP contribution in [0.5, 0.6) is 0 Å². The lowest BCUT2D eigenvalue weighted by Gasteiger charge is -2.26. The minimum atomic E-state index is -0.659. The summed E-state index contributed by atoms with van der Waals surface area (Å²) in [5.74, 6) is -0.940. The molecule has 1 aliphatic carbocycles. The third-order valence-electron chi connectivity index (χ3n) is 5.03. The topological polar surface area (TPSA) is 112 Å². The van der Waals surface area contributed by atoms with E-state index in [1.807, 2.05) is 12.1 Å². The van der Waals surface area contributed by atoms with Gasteiger partial charge in [0.05, 0.1) is 12.6 Å². The van der Waals surface area contributed by atoms with Gasteiger partial charge in [0.25, 0.3) is 11.8 Å². The molecule has 4 rings (SSSR count). The summed E-state index contributed by atoms with van der Waals surface area (Å²) in [5, 5.41) is 7.45. The first-order chi connectivity index (χ1) is 13.6. The van der Waals surface area contributed by atoms with E-state index >= 15 is 0 Å². The van der Waals surface area contributed by atoms with Gasteiger partial charge in [0, 0.05) is 13.3 Å². The number of ether oxygens (including phenoxy) is 1. The number of nitrogens with two attached hydrogens (primary N) is 1. The summed E-state index contributed by atoms with van der Waals surface area (Å²) in [7, 11) is 1.50. The summed E-state index contributed by atoms with van der Waals surface area (Å²) in [4.78, 5) is 29.1. The number of hydrogen-bond acceptors (Lipinski definition) is 5. The molecule has 0 radical (unpaired) electrons. The quantitative estimate of drug-likeness (QED) is 0.702. The van der Waals surface area contributed by atoms with E-state index < -0.39 is 5.91 Å². The third-order valence-corrected chi connectivity index (χ3v) is 5.03. The number of fused-ring (bicyclic) bond motifs is 2. The Morgan fingerprint density at radius 3 is 2.93 bits per heavy atom. The zero-order valence-electron chi connectivity index (χ0n) is 15.5. The van der Waals surface area contributed by atoms with E-state index in [-0.39, 0.29) is 35.5 Å². The fourth-order valence-electron chi connectivity index (χ4n) is 3.79. The first-order valence-electron chi connectivity index (χ1n) is 9.14. The van der Waals surface area contributed by atoms with Crippen LogP contribution in [-0.4, -0.2) is 33.5 Å². The second-order valence-corrected chi connectivity index (χ2v) is 6.80. The summed E-state index contributed by atoms with van der Waals surface area (Å²) in [6, 6.07) is 9.66. The van der Waals surface area contributed by atoms with Gasteiger partial charge in [-0.25, -0.2) is 9.50 Å². The molecule has 2 amide bonds. The van der Waals surface area contributed by atoms with Crippen LogP contribution in [0.2, 0.25) is 0 Å². The molecule has 0 unspecified atom stereocenters. The van der Waals surface area contributed by atoms with Crippen molar-refractivity contribution in [3.8, 4) is 0 Å². The van der Waals surface area contributed by atoms with Crippen molar-refractivity contribution in [2.24, 2.45) is 5.73 Å². The molecule has 28 heavy (non-hydrogen) atoms. The van der Waals surface area contributed by atoms with E-state index in [1.54, 1.807) is 6.07 Å². The van der Waals surface area contributed by atoms with Crippen LogP contribution < -0.4 is 11.1 Å². The number of aromatic nitrogens is 3. The Labute approximate surface area is 161 Å². The molecule has 2 heterocycles. The Hall–Kier alpha value is -3.26. The average Bonchev–Trinajstić information content (AvgIpc) is 3.06. The van der Waals surface area contributed by atoms with Crippen LogP contribution in [0.3, 0.4) is 0 Å².